The molecule has 11 aromatic heterocycles. The molecular weight excluding hydrogens is 1770 g/mol. The third-order valence-electron chi connectivity index (χ3n) is 23.6. The van der Waals surface area contributed by atoms with Crippen molar-refractivity contribution in [2.45, 2.75) is 0 Å². The lowest BCUT2D eigenvalue weighted by molar-refractivity contribution is 0.667. The SMILES string of the molecule is Clc1nc(-c2ccc(-c3nc(-c4ccc(-c5ccccc5)cn4)cc(-c4ccc(-c5ccccc5)cn4)n3)cc2)c2oc3ccccc3c2n1.Clc1nc(-c2ccc(-c3nc(-c4cccc(-c5ccccc5)c4)nc(-c4cccc(-c5ccccc5)c4)n3)cc2)c2oc3ccccc3c2n1.Clc1nc(-c2ccc(-c3nc(-c4ccccc4)nc(-c4ccccc4)n3)cc2)c2oc3ccccc3c2n1. The number of hydrogen-bond acceptors (Lipinski definition) is 19. The largest absolute Gasteiger partial charge is 0.452 e. The third kappa shape index (κ3) is 17.4. The molecule has 138 heavy (non-hydrogen) atoms. The highest BCUT2D eigenvalue weighted by molar-refractivity contribution is 6.30. The average Bonchev–Trinajstić information content (AvgIpc) is 1.62. The van der Waals surface area contributed by atoms with E-state index in [1.165, 1.54) is 0 Å². The molecule has 14 aromatic carbocycles. The van der Waals surface area contributed by atoms with Crippen LogP contribution >= 0.6 is 34.8 Å². The van der Waals surface area contributed by atoms with E-state index in [1.807, 2.05) is 334 Å². The fourth-order valence-electron chi connectivity index (χ4n) is 16.8. The minimum absolute atomic E-state index is 0.153. The van der Waals surface area contributed by atoms with E-state index in [2.05, 4.69) is 115 Å². The molecule has 25 rings (SSSR count). The first-order valence-corrected chi connectivity index (χ1v) is 45.4. The summed E-state index contributed by atoms with van der Waals surface area (Å²) in [6, 6.07) is 134. The highest BCUT2D eigenvalue weighted by Gasteiger charge is 2.25. The van der Waals surface area contributed by atoms with Crippen LogP contribution in [0.15, 0.2) is 432 Å². The lowest BCUT2D eigenvalue weighted by Gasteiger charge is -2.11. The molecule has 0 aliphatic rings. The molecule has 0 atom stereocenters. The summed E-state index contributed by atoms with van der Waals surface area (Å²) in [5, 5.41) is 3.16. The van der Waals surface area contributed by atoms with E-state index in [1.54, 1.807) is 0 Å². The van der Waals surface area contributed by atoms with E-state index in [0.717, 1.165) is 144 Å². The van der Waals surface area contributed by atoms with E-state index in [9.17, 15) is 0 Å². The van der Waals surface area contributed by atoms with E-state index < -0.39 is 0 Å². The van der Waals surface area contributed by atoms with Gasteiger partial charge in [-0.3, -0.25) is 9.97 Å². The number of nitrogens with zero attached hydrogens (tertiary/aromatic N) is 16. The van der Waals surface area contributed by atoms with Crippen LogP contribution in [0.5, 0.6) is 0 Å². The van der Waals surface area contributed by atoms with Crippen LogP contribution < -0.4 is 0 Å². The summed E-state index contributed by atoms with van der Waals surface area (Å²) in [5.41, 5.74) is 28.1. The Morgan fingerprint density at radius 3 is 0.688 bits per heavy atom. The maximum absolute atomic E-state index is 6.42. The Morgan fingerprint density at radius 1 is 0.159 bits per heavy atom. The fraction of sp³-hybridized carbons (Fsp3) is 0. The van der Waals surface area contributed by atoms with Gasteiger partial charge >= 0.3 is 0 Å². The minimum atomic E-state index is 0.153. The first kappa shape index (κ1) is 84.3. The van der Waals surface area contributed by atoms with E-state index in [4.69, 9.17) is 97.9 Å². The second-order valence-corrected chi connectivity index (χ2v) is 33.4. The Labute approximate surface area is 803 Å². The van der Waals surface area contributed by atoms with Gasteiger partial charge in [0, 0.05) is 95.3 Å². The molecule has 0 spiro atoms. The predicted octanol–water partition coefficient (Wildman–Crippen LogP) is 29.7. The molecular formula is C116H69Cl3N16O3. The molecule has 652 valence electrons. The van der Waals surface area contributed by atoms with Crippen LogP contribution in [-0.4, -0.2) is 79.7 Å². The first-order valence-electron chi connectivity index (χ1n) is 44.3. The van der Waals surface area contributed by atoms with Crippen molar-refractivity contribution >= 4 is 101 Å². The number of furan rings is 3. The van der Waals surface area contributed by atoms with Gasteiger partial charge in [-0.1, -0.05) is 340 Å². The van der Waals surface area contributed by atoms with Gasteiger partial charge in [0.2, 0.25) is 15.9 Å². The minimum Gasteiger partial charge on any atom is -0.452 e. The van der Waals surface area contributed by atoms with Crippen LogP contribution in [0.2, 0.25) is 15.9 Å². The van der Waals surface area contributed by atoms with Crippen LogP contribution in [-0.2, 0) is 0 Å². The summed E-state index contributed by atoms with van der Waals surface area (Å²) in [6.07, 6.45) is 3.75. The summed E-state index contributed by atoms with van der Waals surface area (Å²) < 4.78 is 18.5. The molecule has 22 heteroatoms. The van der Waals surface area contributed by atoms with Crippen molar-refractivity contribution in [3.8, 4) is 181 Å². The second kappa shape index (κ2) is 37.2. The molecule has 0 radical (unpaired) electrons. The maximum Gasteiger partial charge on any atom is 0.223 e. The Balaban J connectivity index is 0.000000117. The molecule has 0 saturated heterocycles. The first-order chi connectivity index (χ1) is 68.0. The zero-order valence-corrected chi connectivity index (χ0v) is 75.1. The lowest BCUT2D eigenvalue weighted by Crippen LogP contribution is -2.00. The Bertz CT molecular complexity index is 8570. The van der Waals surface area contributed by atoms with Crippen LogP contribution in [0.3, 0.4) is 0 Å². The van der Waals surface area contributed by atoms with Crippen LogP contribution in [0.25, 0.3) is 247 Å². The topological polar surface area (TPSA) is 246 Å². The van der Waals surface area contributed by atoms with Gasteiger partial charge in [0.25, 0.3) is 0 Å². The standard InChI is InChI=1S/C43H26ClN5O.C42H25ClN6O.C31H18ClN5O/c44-43-45-37(39-38(46-43)35-19-7-8-20-36(35)50-39)29-21-23-30(24-22-29)40-47-41(33-17-9-15-31(25-33)27-11-3-1-4-12-27)49-42(48-40)34-18-10-16-32(26-34)28-13-5-2-6-14-28;43-42-48-38(40-39(49-42)32-13-7-8-14-37(32)50-40)28-15-17-29(18-16-28)41-46-35(33-21-19-30(24-44-33)26-9-3-1-4-10-26)23-36(47-41)34-22-20-31(25-45-34)27-11-5-2-6-12-27;32-31-33-25(27-26(34-31)23-13-7-8-14-24(23)38-27)19-15-17-22(18-16-19)30-36-28(20-9-3-1-4-10-20)35-29(37-30)21-11-5-2-6-12-21/h1-26H;1-25H;1-18H. The van der Waals surface area contributed by atoms with Gasteiger partial charge in [-0.15, -0.1) is 0 Å². The van der Waals surface area contributed by atoms with E-state index in [-0.39, 0.29) is 15.9 Å². The van der Waals surface area contributed by atoms with Crippen molar-refractivity contribution in [1.82, 2.24) is 79.7 Å². The highest BCUT2D eigenvalue weighted by atomic mass is 35.5. The number of benzene rings is 14. The number of aromatic nitrogens is 16. The molecule has 0 bridgehead atoms. The molecule has 0 N–H and O–H groups in total. The highest BCUT2D eigenvalue weighted by Crippen LogP contribution is 2.42. The summed E-state index contributed by atoms with van der Waals surface area (Å²) >= 11 is 19.1. The molecule has 0 aliphatic heterocycles. The molecule has 0 aliphatic carbocycles. The lowest BCUT2D eigenvalue weighted by atomic mass is 10.0. The zero-order chi connectivity index (χ0) is 92.4. The smallest absolute Gasteiger partial charge is 0.223 e. The van der Waals surface area contributed by atoms with Crippen molar-refractivity contribution < 1.29 is 13.3 Å². The quantitative estimate of drug-likeness (QED) is 0.0816. The van der Waals surface area contributed by atoms with Gasteiger partial charge < -0.3 is 13.3 Å². The summed E-state index contributed by atoms with van der Waals surface area (Å²) in [5.74, 6) is 4.09. The van der Waals surface area contributed by atoms with Crippen molar-refractivity contribution in [2.24, 2.45) is 0 Å². The van der Waals surface area contributed by atoms with E-state index in [0.29, 0.717) is 103 Å². The van der Waals surface area contributed by atoms with Crippen molar-refractivity contribution in [2.75, 3.05) is 0 Å². The normalized spacial score (nSPS) is 11.3. The fourth-order valence-corrected chi connectivity index (χ4v) is 17.3. The number of pyridine rings is 2. The van der Waals surface area contributed by atoms with Gasteiger partial charge in [0.15, 0.2) is 57.5 Å². The van der Waals surface area contributed by atoms with Crippen LogP contribution in [0.4, 0.5) is 0 Å². The van der Waals surface area contributed by atoms with Crippen molar-refractivity contribution in [1.29, 1.82) is 0 Å². The molecule has 19 nitrogen and oxygen atoms in total. The monoisotopic (exact) mass is 1840 g/mol. The Kier molecular flexibility index (Phi) is 22.7. The molecule has 0 fully saturated rings. The van der Waals surface area contributed by atoms with Gasteiger partial charge in [-0.05, 0) is 135 Å². The van der Waals surface area contributed by atoms with Crippen molar-refractivity contribution in [3.63, 3.8) is 0 Å². The number of fused-ring (bicyclic) bond motifs is 9. The van der Waals surface area contributed by atoms with Gasteiger partial charge in [-0.2, -0.15) is 0 Å². The molecule has 25 aromatic rings. The molecule has 11 heterocycles. The molecule has 0 saturated carbocycles. The van der Waals surface area contributed by atoms with Crippen molar-refractivity contribution in [3.05, 3.63) is 435 Å². The maximum atomic E-state index is 6.42. The average molecular weight is 1840 g/mol. The summed E-state index contributed by atoms with van der Waals surface area (Å²) in [6.45, 7) is 0. The summed E-state index contributed by atoms with van der Waals surface area (Å²) in [4.78, 5) is 76.0. The molecule has 0 unspecified atom stereocenters. The predicted molar refractivity (Wildman–Crippen MR) is 548 cm³/mol. The Hall–Kier alpha value is -18.0. The number of rotatable bonds is 16. The Morgan fingerprint density at radius 2 is 0.391 bits per heavy atom. The van der Waals surface area contributed by atoms with Gasteiger partial charge in [0.05, 0.1) is 22.8 Å². The number of hydrogen-bond donors (Lipinski definition) is 0. The summed E-state index contributed by atoms with van der Waals surface area (Å²) in [7, 11) is 0. The van der Waals surface area contributed by atoms with E-state index >= 15 is 0 Å². The van der Waals surface area contributed by atoms with Gasteiger partial charge in [-0.25, -0.2) is 69.8 Å². The van der Waals surface area contributed by atoms with Crippen LogP contribution in [0, 0.1) is 0 Å². The number of halogens is 3. The third-order valence-corrected chi connectivity index (χ3v) is 24.1. The zero-order valence-electron chi connectivity index (χ0n) is 72.9. The van der Waals surface area contributed by atoms with Crippen LogP contribution in [0.1, 0.15) is 0 Å². The second-order valence-electron chi connectivity index (χ2n) is 32.4. The van der Waals surface area contributed by atoms with Gasteiger partial charge in [0.1, 0.15) is 50.4 Å². The molecule has 0 amide bonds. The number of para-hydroxylation sites is 3.